The fraction of sp³-hybridized carbons (Fsp3) is 0.333. The number of benzene rings is 1. The van der Waals surface area contributed by atoms with Gasteiger partial charge in [0.2, 0.25) is 5.91 Å². The molecule has 0 radical (unpaired) electrons. The highest BCUT2D eigenvalue weighted by Gasteiger charge is 2.15. The van der Waals surface area contributed by atoms with Gasteiger partial charge in [-0.15, -0.1) is 0 Å². The topological polar surface area (TPSA) is 72.9 Å². The zero-order valence-corrected chi connectivity index (χ0v) is 11.8. The van der Waals surface area contributed by atoms with Gasteiger partial charge in [-0.25, -0.2) is 4.68 Å². The molecule has 0 aliphatic rings. The molecular formula is C15H20N4O. The van der Waals surface area contributed by atoms with Gasteiger partial charge in [0.05, 0.1) is 11.7 Å². The van der Waals surface area contributed by atoms with Crippen molar-refractivity contribution in [3.05, 3.63) is 42.7 Å². The van der Waals surface area contributed by atoms with Gasteiger partial charge in [0, 0.05) is 18.1 Å². The maximum Gasteiger partial charge on any atom is 0.241 e. The van der Waals surface area contributed by atoms with Crippen molar-refractivity contribution in [2.24, 2.45) is 11.7 Å². The second-order valence-corrected chi connectivity index (χ2v) is 5.23. The molecule has 0 unspecified atom stereocenters. The first-order chi connectivity index (χ1) is 9.56. The first-order valence-electron chi connectivity index (χ1n) is 6.73. The van der Waals surface area contributed by atoms with Crippen molar-refractivity contribution < 1.29 is 4.79 Å². The lowest BCUT2D eigenvalue weighted by atomic mass is 10.0. The minimum Gasteiger partial charge on any atom is -0.325 e. The van der Waals surface area contributed by atoms with Crippen molar-refractivity contribution in [2.45, 2.75) is 26.3 Å². The summed E-state index contributed by atoms with van der Waals surface area (Å²) < 4.78 is 1.74. The monoisotopic (exact) mass is 272 g/mol. The van der Waals surface area contributed by atoms with Crippen LogP contribution in [0.5, 0.6) is 0 Å². The molecule has 0 spiro atoms. The third kappa shape index (κ3) is 3.68. The van der Waals surface area contributed by atoms with E-state index in [-0.39, 0.29) is 5.91 Å². The molecule has 3 N–H and O–H groups in total. The number of carbonyl (C=O) groups is 1. The van der Waals surface area contributed by atoms with Gasteiger partial charge in [-0.05, 0) is 36.6 Å². The molecule has 1 aromatic carbocycles. The predicted molar refractivity (Wildman–Crippen MR) is 79.6 cm³/mol. The van der Waals surface area contributed by atoms with Gasteiger partial charge in [-0.2, -0.15) is 5.10 Å². The first-order valence-corrected chi connectivity index (χ1v) is 6.73. The van der Waals surface area contributed by atoms with Crippen molar-refractivity contribution in [3.8, 4) is 5.69 Å². The van der Waals surface area contributed by atoms with Crippen LogP contribution in [0.2, 0.25) is 0 Å². The summed E-state index contributed by atoms with van der Waals surface area (Å²) in [5.74, 6) is 0.238. The summed E-state index contributed by atoms with van der Waals surface area (Å²) >= 11 is 0. The SMILES string of the molecule is CC(C)C[C@H](N)C(=O)Nc1cccc(-n2cccn2)c1. The number of hydrogen-bond acceptors (Lipinski definition) is 3. The minimum absolute atomic E-state index is 0.156. The fourth-order valence-corrected chi connectivity index (χ4v) is 2.00. The Morgan fingerprint density at radius 2 is 2.20 bits per heavy atom. The zero-order valence-electron chi connectivity index (χ0n) is 11.8. The summed E-state index contributed by atoms with van der Waals surface area (Å²) in [6.45, 7) is 4.09. The highest BCUT2D eigenvalue weighted by molar-refractivity contribution is 5.94. The van der Waals surface area contributed by atoms with Gasteiger partial charge in [-0.1, -0.05) is 19.9 Å². The molecule has 5 nitrogen and oxygen atoms in total. The predicted octanol–water partition coefficient (Wildman–Crippen LogP) is 2.18. The number of nitrogens with two attached hydrogens (primary N) is 1. The molecule has 1 heterocycles. The molecule has 5 heteroatoms. The molecule has 2 aromatic rings. The molecule has 2 rings (SSSR count). The Kier molecular flexibility index (Phi) is 4.53. The van der Waals surface area contributed by atoms with Crippen LogP contribution in [0.15, 0.2) is 42.7 Å². The molecular weight excluding hydrogens is 252 g/mol. The third-order valence-corrected chi connectivity index (χ3v) is 2.94. The molecule has 1 atom stereocenters. The Hall–Kier alpha value is -2.14. The standard InChI is InChI=1S/C15H20N4O/c1-11(2)9-14(16)15(20)18-12-5-3-6-13(10-12)19-8-4-7-17-19/h3-8,10-11,14H,9,16H2,1-2H3,(H,18,20)/t14-/m0/s1. The van der Waals surface area contributed by atoms with Crippen LogP contribution >= 0.6 is 0 Å². The Labute approximate surface area is 118 Å². The second-order valence-electron chi connectivity index (χ2n) is 5.23. The van der Waals surface area contributed by atoms with E-state index in [0.717, 1.165) is 11.4 Å². The number of anilines is 1. The maximum absolute atomic E-state index is 12.0. The average Bonchev–Trinajstić information content (AvgIpc) is 2.92. The molecule has 106 valence electrons. The van der Waals surface area contributed by atoms with Crippen LogP contribution in [0, 0.1) is 5.92 Å². The lowest BCUT2D eigenvalue weighted by molar-refractivity contribution is -0.117. The van der Waals surface area contributed by atoms with Crippen LogP contribution in [0.4, 0.5) is 5.69 Å². The lowest BCUT2D eigenvalue weighted by Crippen LogP contribution is -2.36. The van der Waals surface area contributed by atoms with E-state index in [9.17, 15) is 4.79 Å². The second kappa shape index (κ2) is 6.34. The Morgan fingerprint density at radius 3 is 2.85 bits per heavy atom. The summed E-state index contributed by atoms with van der Waals surface area (Å²) in [6.07, 6.45) is 4.24. The molecule has 0 saturated heterocycles. The number of rotatable bonds is 5. The molecule has 0 saturated carbocycles. The van der Waals surface area contributed by atoms with Crippen molar-refractivity contribution in [1.29, 1.82) is 0 Å². The van der Waals surface area contributed by atoms with Gasteiger partial charge in [0.25, 0.3) is 0 Å². The van der Waals surface area contributed by atoms with Crippen LogP contribution in [0.3, 0.4) is 0 Å². The Morgan fingerprint density at radius 1 is 1.40 bits per heavy atom. The van der Waals surface area contributed by atoms with Gasteiger partial charge in [0.15, 0.2) is 0 Å². The van der Waals surface area contributed by atoms with Crippen molar-refractivity contribution in [2.75, 3.05) is 5.32 Å². The van der Waals surface area contributed by atoms with Crippen LogP contribution < -0.4 is 11.1 Å². The van der Waals surface area contributed by atoms with Crippen molar-refractivity contribution >= 4 is 11.6 Å². The van der Waals surface area contributed by atoms with E-state index in [0.29, 0.717) is 12.3 Å². The molecule has 0 fully saturated rings. The first kappa shape index (κ1) is 14.3. The number of amides is 1. The minimum atomic E-state index is -0.483. The van der Waals surface area contributed by atoms with E-state index in [1.807, 2.05) is 50.4 Å². The van der Waals surface area contributed by atoms with Gasteiger partial charge in [0.1, 0.15) is 0 Å². The van der Waals surface area contributed by atoms with E-state index in [1.54, 1.807) is 10.9 Å². The lowest BCUT2D eigenvalue weighted by Gasteiger charge is -2.14. The summed E-state index contributed by atoms with van der Waals surface area (Å²) in [7, 11) is 0. The number of carbonyl (C=O) groups excluding carboxylic acids is 1. The van der Waals surface area contributed by atoms with E-state index < -0.39 is 6.04 Å². The maximum atomic E-state index is 12.0. The van der Waals surface area contributed by atoms with E-state index in [2.05, 4.69) is 10.4 Å². The number of aromatic nitrogens is 2. The molecule has 20 heavy (non-hydrogen) atoms. The smallest absolute Gasteiger partial charge is 0.241 e. The molecule has 0 bridgehead atoms. The summed E-state index contributed by atoms with van der Waals surface area (Å²) in [6, 6.07) is 8.88. The fourth-order valence-electron chi connectivity index (χ4n) is 2.00. The average molecular weight is 272 g/mol. The number of hydrogen-bond donors (Lipinski definition) is 2. The Bertz CT molecular complexity index is 563. The van der Waals surface area contributed by atoms with E-state index in [1.165, 1.54) is 0 Å². The molecule has 0 aliphatic carbocycles. The zero-order chi connectivity index (χ0) is 14.5. The van der Waals surface area contributed by atoms with Crippen LogP contribution in [-0.4, -0.2) is 21.7 Å². The van der Waals surface area contributed by atoms with Crippen LogP contribution in [0.1, 0.15) is 20.3 Å². The highest BCUT2D eigenvalue weighted by Crippen LogP contribution is 2.14. The largest absolute Gasteiger partial charge is 0.325 e. The Balaban J connectivity index is 2.07. The normalized spacial score (nSPS) is 12.4. The third-order valence-electron chi connectivity index (χ3n) is 2.94. The van der Waals surface area contributed by atoms with Crippen molar-refractivity contribution in [1.82, 2.24) is 9.78 Å². The van der Waals surface area contributed by atoms with Crippen molar-refractivity contribution in [3.63, 3.8) is 0 Å². The van der Waals surface area contributed by atoms with E-state index in [4.69, 9.17) is 5.73 Å². The molecule has 1 aromatic heterocycles. The van der Waals surface area contributed by atoms with Gasteiger partial charge < -0.3 is 11.1 Å². The summed E-state index contributed by atoms with van der Waals surface area (Å²) in [5, 5.41) is 7.00. The van der Waals surface area contributed by atoms with Gasteiger partial charge in [-0.3, -0.25) is 4.79 Å². The highest BCUT2D eigenvalue weighted by atomic mass is 16.2. The summed E-state index contributed by atoms with van der Waals surface area (Å²) in [4.78, 5) is 12.0. The quantitative estimate of drug-likeness (QED) is 0.876. The molecule has 0 aliphatic heterocycles. The van der Waals surface area contributed by atoms with Gasteiger partial charge >= 0.3 is 0 Å². The molecule has 1 amide bonds. The van der Waals surface area contributed by atoms with Crippen LogP contribution in [-0.2, 0) is 4.79 Å². The summed E-state index contributed by atoms with van der Waals surface area (Å²) in [5.41, 5.74) is 7.49. The van der Waals surface area contributed by atoms with E-state index >= 15 is 0 Å². The number of nitrogens with one attached hydrogen (secondary N) is 1. The number of nitrogens with zero attached hydrogens (tertiary/aromatic N) is 2. The van der Waals surface area contributed by atoms with Crippen LogP contribution in [0.25, 0.3) is 5.69 Å².